The zero-order valence-electron chi connectivity index (χ0n) is 17.1. The molecule has 29 heavy (non-hydrogen) atoms. The maximum Gasteiger partial charge on any atom is 0.255 e. The predicted molar refractivity (Wildman–Crippen MR) is 106 cm³/mol. The third-order valence-corrected chi connectivity index (χ3v) is 5.87. The lowest BCUT2D eigenvalue weighted by Gasteiger charge is -2.29. The number of amides is 3. The summed E-state index contributed by atoms with van der Waals surface area (Å²) in [7, 11) is 0. The van der Waals surface area contributed by atoms with E-state index < -0.39 is 6.04 Å². The van der Waals surface area contributed by atoms with E-state index in [-0.39, 0.29) is 42.0 Å². The summed E-state index contributed by atoms with van der Waals surface area (Å²) in [6.07, 6.45) is 0.769. The third-order valence-electron chi connectivity index (χ3n) is 5.87. The number of rotatable bonds is 5. The van der Waals surface area contributed by atoms with Gasteiger partial charge in [0.25, 0.3) is 5.91 Å². The summed E-state index contributed by atoms with van der Waals surface area (Å²) in [4.78, 5) is 38.0. The van der Waals surface area contributed by atoms with Crippen LogP contribution in [0.2, 0.25) is 0 Å². The fourth-order valence-corrected chi connectivity index (χ4v) is 4.45. The normalized spacial score (nSPS) is 28.6. The first-order chi connectivity index (χ1) is 13.7. The first-order valence-corrected chi connectivity index (χ1v) is 10.2. The predicted octanol–water partition coefficient (Wildman–Crippen LogP) is 0.650. The second kappa shape index (κ2) is 7.51. The van der Waals surface area contributed by atoms with Crippen LogP contribution in [0, 0.1) is 0 Å². The minimum Gasteiger partial charge on any atom is -0.357 e. The van der Waals surface area contributed by atoms with Crippen molar-refractivity contribution in [3.63, 3.8) is 0 Å². The van der Waals surface area contributed by atoms with Gasteiger partial charge in [-0.25, -0.2) is 0 Å². The average molecular weight is 400 g/mol. The highest BCUT2D eigenvalue weighted by atomic mass is 16.5. The number of ether oxygens (including phenoxy) is 1. The van der Waals surface area contributed by atoms with Gasteiger partial charge in [-0.1, -0.05) is 12.1 Å². The standard InChI is InChI=1S/C21H28N4O4/c1-12-16(24-21(2,3)29-12)10-22-9-13-4-5-14-11-25(20(28)15(14)8-13)17-6-7-18(26)23-19(17)27/h4-5,8,12,16-17,22,24H,6-7,9-11H2,1-3H3,(H,23,26,27). The number of hydrogen-bond acceptors (Lipinski definition) is 6. The zero-order chi connectivity index (χ0) is 20.8. The Morgan fingerprint density at radius 1 is 1.28 bits per heavy atom. The summed E-state index contributed by atoms with van der Waals surface area (Å²) in [6, 6.07) is 5.52. The van der Waals surface area contributed by atoms with E-state index in [1.54, 1.807) is 4.90 Å². The van der Waals surface area contributed by atoms with Gasteiger partial charge < -0.3 is 15.0 Å². The SMILES string of the molecule is CC1OC(C)(C)NC1CNCc1ccc2c(c1)C(=O)N(C1CCC(=O)NC1=O)C2. The molecule has 3 aliphatic rings. The van der Waals surface area contributed by atoms with Crippen LogP contribution in [-0.4, -0.2) is 53.1 Å². The molecule has 0 bridgehead atoms. The van der Waals surface area contributed by atoms with Gasteiger partial charge in [0.2, 0.25) is 11.8 Å². The molecule has 0 radical (unpaired) electrons. The molecule has 0 saturated carbocycles. The first kappa shape index (κ1) is 20.0. The van der Waals surface area contributed by atoms with Crippen molar-refractivity contribution in [3.05, 3.63) is 34.9 Å². The Kier molecular flexibility index (Phi) is 5.18. The van der Waals surface area contributed by atoms with Crippen molar-refractivity contribution in [1.29, 1.82) is 0 Å². The fraction of sp³-hybridized carbons (Fsp3) is 0.571. The Morgan fingerprint density at radius 3 is 2.76 bits per heavy atom. The van der Waals surface area contributed by atoms with Crippen molar-refractivity contribution >= 4 is 17.7 Å². The molecule has 1 aromatic rings. The number of piperidine rings is 1. The topological polar surface area (TPSA) is 99.8 Å². The molecule has 3 unspecified atom stereocenters. The molecule has 1 aromatic carbocycles. The molecule has 0 aromatic heterocycles. The summed E-state index contributed by atoms with van der Waals surface area (Å²) in [5, 5.41) is 9.22. The molecule has 2 fully saturated rings. The van der Waals surface area contributed by atoms with Crippen molar-refractivity contribution in [1.82, 2.24) is 20.9 Å². The monoisotopic (exact) mass is 400 g/mol. The molecule has 3 N–H and O–H groups in total. The number of nitrogens with zero attached hydrogens (tertiary/aromatic N) is 1. The molecule has 3 atom stereocenters. The van der Waals surface area contributed by atoms with Crippen LogP contribution in [-0.2, 0) is 27.4 Å². The highest BCUT2D eigenvalue weighted by molar-refractivity contribution is 6.05. The van der Waals surface area contributed by atoms with Crippen molar-refractivity contribution in [2.24, 2.45) is 0 Å². The van der Waals surface area contributed by atoms with Gasteiger partial charge in [-0.05, 0) is 44.4 Å². The Balaban J connectivity index is 1.37. The van der Waals surface area contributed by atoms with Gasteiger partial charge in [-0.15, -0.1) is 0 Å². The summed E-state index contributed by atoms with van der Waals surface area (Å²) < 4.78 is 5.87. The first-order valence-electron chi connectivity index (χ1n) is 10.2. The van der Waals surface area contributed by atoms with Crippen LogP contribution < -0.4 is 16.0 Å². The lowest BCUT2D eigenvalue weighted by molar-refractivity contribution is -0.136. The highest BCUT2D eigenvalue weighted by Gasteiger charge is 2.39. The molecular weight excluding hydrogens is 372 g/mol. The van der Waals surface area contributed by atoms with Gasteiger partial charge in [-0.2, -0.15) is 0 Å². The van der Waals surface area contributed by atoms with Gasteiger partial charge in [-0.3, -0.25) is 25.0 Å². The molecule has 156 valence electrons. The second-order valence-electron chi connectivity index (χ2n) is 8.61. The van der Waals surface area contributed by atoms with E-state index in [1.807, 2.05) is 32.0 Å². The fourth-order valence-electron chi connectivity index (χ4n) is 4.45. The van der Waals surface area contributed by atoms with Gasteiger partial charge in [0, 0.05) is 37.7 Å². The molecule has 0 spiro atoms. The van der Waals surface area contributed by atoms with E-state index in [0.717, 1.165) is 17.7 Å². The molecule has 2 saturated heterocycles. The van der Waals surface area contributed by atoms with E-state index in [4.69, 9.17) is 4.74 Å². The molecule has 8 heteroatoms. The lowest BCUT2D eigenvalue weighted by Crippen LogP contribution is -2.52. The third kappa shape index (κ3) is 4.05. The Morgan fingerprint density at radius 2 is 2.07 bits per heavy atom. The van der Waals surface area contributed by atoms with E-state index >= 15 is 0 Å². The summed E-state index contributed by atoms with van der Waals surface area (Å²) in [6.45, 7) is 7.91. The van der Waals surface area contributed by atoms with Gasteiger partial charge in [0.05, 0.1) is 6.10 Å². The zero-order valence-corrected chi connectivity index (χ0v) is 17.1. The number of benzene rings is 1. The van der Waals surface area contributed by atoms with Crippen molar-refractivity contribution in [3.8, 4) is 0 Å². The largest absolute Gasteiger partial charge is 0.357 e. The maximum atomic E-state index is 12.9. The molecule has 0 aliphatic carbocycles. The minimum absolute atomic E-state index is 0.126. The average Bonchev–Trinajstić information content (AvgIpc) is 3.10. The summed E-state index contributed by atoms with van der Waals surface area (Å²) in [5.74, 6) is -0.797. The maximum absolute atomic E-state index is 12.9. The summed E-state index contributed by atoms with van der Waals surface area (Å²) >= 11 is 0. The molecule has 8 nitrogen and oxygen atoms in total. The van der Waals surface area contributed by atoms with Crippen LogP contribution in [0.5, 0.6) is 0 Å². The van der Waals surface area contributed by atoms with E-state index in [9.17, 15) is 14.4 Å². The van der Waals surface area contributed by atoms with E-state index in [0.29, 0.717) is 25.1 Å². The Hall–Kier alpha value is -2.29. The van der Waals surface area contributed by atoms with Gasteiger partial charge in [0.1, 0.15) is 11.8 Å². The van der Waals surface area contributed by atoms with Crippen LogP contribution in [0.1, 0.15) is 55.1 Å². The number of fused-ring (bicyclic) bond motifs is 1. The minimum atomic E-state index is -0.576. The molecule has 3 amide bonds. The van der Waals surface area contributed by atoms with Crippen LogP contribution in [0.3, 0.4) is 0 Å². The number of carbonyl (C=O) groups excluding carboxylic acids is 3. The van der Waals surface area contributed by atoms with Gasteiger partial charge >= 0.3 is 0 Å². The van der Waals surface area contributed by atoms with Crippen LogP contribution >= 0.6 is 0 Å². The van der Waals surface area contributed by atoms with Crippen molar-refractivity contribution < 1.29 is 19.1 Å². The second-order valence-corrected chi connectivity index (χ2v) is 8.61. The van der Waals surface area contributed by atoms with Crippen LogP contribution in [0.25, 0.3) is 0 Å². The Labute approximate surface area is 170 Å². The number of imide groups is 1. The molecule has 4 rings (SSSR count). The molecular formula is C21H28N4O4. The molecule has 3 heterocycles. The van der Waals surface area contributed by atoms with Gasteiger partial charge in [0.15, 0.2) is 0 Å². The van der Waals surface area contributed by atoms with Crippen molar-refractivity contribution in [2.75, 3.05) is 6.54 Å². The number of hydrogen-bond donors (Lipinski definition) is 3. The number of carbonyl (C=O) groups is 3. The van der Waals surface area contributed by atoms with Crippen molar-refractivity contribution in [2.45, 2.75) is 70.6 Å². The number of nitrogens with one attached hydrogen (secondary N) is 3. The van der Waals surface area contributed by atoms with E-state index in [2.05, 4.69) is 22.9 Å². The van der Waals surface area contributed by atoms with Crippen LogP contribution in [0.4, 0.5) is 0 Å². The smallest absolute Gasteiger partial charge is 0.255 e. The lowest BCUT2D eigenvalue weighted by atomic mass is 10.0. The highest BCUT2D eigenvalue weighted by Crippen LogP contribution is 2.28. The Bertz CT molecular complexity index is 853. The molecule has 3 aliphatic heterocycles. The summed E-state index contributed by atoms with van der Waals surface area (Å²) in [5.41, 5.74) is 2.27. The quantitative estimate of drug-likeness (QED) is 0.628. The van der Waals surface area contributed by atoms with E-state index in [1.165, 1.54) is 0 Å². The van der Waals surface area contributed by atoms with Crippen LogP contribution in [0.15, 0.2) is 18.2 Å².